The van der Waals surface area contributed by atoms with Crippen molar-refractivity contribution in [2.75, 3.05) is 13.1 Å². The molecule has 0 unspecified atom stereocenters. The molecule has 2 atom stereocenters. The van der Waals surface area contributed by atoms with Crippen molar-refractivity contribution in [2.45, 2.75) is 51.2 Å². The summed E-state index contributed by atoms with van der Waals surface area (Å²) in [5, 5.41) is 13.7. The maximum atomic E-state index is 13.0. The molecule has 5 heteroatoms. The first-order valence-corrected chi connectivity index (χ1v) is 8.97. The second-order valence-electron chi connectivity index (χ2n) is 6.46. The average molecular weight is 318 g/mol. The number of hydrogen-bond acceptors (Lipinski definition) is 4. The number of ether oxygens (including phenoxy) is 1. The highest BCUT2D eigenvalue weighted by molar-refractivity contribution is 7.07. The van der Waals surface area contributed by atoms with E-state index in [1.165, 1.54) is 0 Å². The van der Waals surface area contributed by atoms with Crippen molar-refractivity contribution in [3.8, 4) is 6.07 Å². The van der Waals surface area contributed by atoms with Gasteiger partial charge in [-0.1, -0.05) is 19.3 Å². The third-order valence-corrected chi connectivity index (χ3v) is 5.49. The highest BCUT2D eigenvalue weighted by Gasteiger charge is 2.44. The maximum absolute atomic E-state index is 13.0. The van der Waals surface area contributed by atoms with Crippen molar-refractivity contribution < 1.29 is 9.53 Å². The molecule has 1 aliphatic heterocycles. The highest BCUT2D eigenvalue weighted by atomic mass is 32.1. The fourth-order valence-corrected chi connectivity index (χ4v) is 4.29. The topological polar surface area (TPSA) is 53.3 Å². The molecule has 0 spiro atoms. The van der Waals surface area contributed by atoms with Crippen LogP contribution in [0.25, 0.3) is 0 Å². The van der Waals surface area contributed by atoms with Gasteiger partial charge in [0, 0.05) is 6.54 Å². The molecule has 0 N–H and O–H groups in total. The second-order valence-corrected chi connectivity index (χ2v) is 7.24. The Morgan fingerprint density at radius 3 is 2.82 bits per heavy atom. The molecule has 2 heterocycles. The average Bonchev–Trinajstić information content (AvgIpc) is 3.09. The summed E-state index contributed by atoms with van der Waals surface area (Å²) in [6, 6.07) is 4.40. The molecule has 1 saturated heterocycles. The lowest BCUT2D eigenvalue weighted by atomic mass is 9.74. The summed E-state index contributed by atoms with van der Waals surface area (Å²) in [7, 11) is 0. The van der Waals surface area contributed by atoms with E-state index in [1.54, 1.807) is 11.3 Å². The van der Waals surface area contributed by atoms with Crippen LogP contribution in [0.2, 0.25) is 0 Å². The fraction of sp³-hybridized carbons (Fsp3) is 0.647. The number of nitrogens with zero attached hydrogens (tertiary/aromatic N) is 2. The normalized spacial score (nSPS) is 28.1. The Morgan fingerprint density at radius 1 is 1.41 bits per heavy atom. The zero-order valence-corrected chi connectivity index (χ0v) is 13.8. The molecular weight excluding hydrogens is 296 g/mol. The summed E-state index contributed by atoms with van der Waals surface area (Å²) in [4.78, 5) is 14.9. The summed E-state index contributed by atoms with van der Waals surface area (Å²) in [6.07, 6.45) is 4.43. The number of hydrogen-bond donors (Lipinski definition) is 0. The van der Waals surface area contributed by atoms with Crippen LogP contribution in [-0.4, -0.2) is 30.0 Å². The lowest BCUT2D eigenvalue weighted by molar-refractivity contribution is -0.153. The third kappa shape index (κ3) is 2.90. The van der Waals surface area contributed by atoms with Crippen LogP contribution in [0.3, 0.4) is 0 Å². The molecule has 1 aromatic heterocycles. The van der Waals surface area contributed by atoms with Crippen molar-refractivity contribution in [2.24, 2.45) is 5.41 Å². The minimum Gasteiger partial charge on any atom is -0.367 e. The summed E-state index contributed by atoms with van der Waals surface area (Å²) in [5.74, 6) is 0.0186. The van der Waals surface area contributed by atoms with Gasteiger partial charge in [-0.3, -0.25) is 4.79 Å². The quantitative estimate of drug-likeness (QED) is 0.838. The molecular formula is C17H22N2O2S. The van der Waals surface area contributed by atoms with Gasteiger partial charge in [0.25, 0.3) is 0 Å². The van der Waals surface area contributed by atoms with Gasteiger partial charge in [0.05, 0.1) is 18.7 Å². The minimum absolute atomic E-state index is 0.00179. The number of amides is 1. The van der Waals surface area contributed by atoms with Crippen LogP contribution in [0.15, 0.2) is 16.8 Å². The monoisotopic (exact) mass is 318 g/mol. The number of thiophene rings is 1. The molecule has 2 aliphatic rings. The van der Waals surface area contributed by atoms with E-state index in [9.17, 15) is 10.1 Å². The van der Waals surface area contributed by atoms with Crippen molar-refractivity contribution >= 4 is 17.2 Å². The van der Waals surface area contributed by atoms with Gasteiger partial charge in [-0.15, -0.1) is 0 Å². The molecule has 1 aliphatic carbocycles. The van der Waals surface area contributed by atoms with Crippen LogP contribution in [0.1, 0.15) is 50.7 Å². The Hall–Kier alpha value is -1.38. The van der Waals surface area contributed by atoms with Gasteiger partial charge in [-0.05, 0) is 42.2 Å². The molecule has 1 amide bonds. The minimum atomic E-state index is -0.797. The zero-order valence-electron chi connectivity index (χ0n) is 13.0. The van der Waals surface area contributed by atoms with E-state index in [0.29, 0.717) is 25.9 Å². The largest absolute Gasteiger partial charge is 0.367 e. The van der Waals surface area contributed by atoms with Crippen molar-refractivity contribution in [3.63, 3.8) is 0 Å². The van der Waals surface area contributed by atoms with Gasteiger partial charge in [-0.2, -0.15) is 16.6 Å². The number of carbonyl (C=O) groups is 1. The molecule has 2 fully saturated rings. The molecule has 0 radical (unpaired) electrons. The van der Waals surface area contributed by atoms with Gasteiger partial charge in [0.1, 0.15) is 11.5 Å². The smallest absolute Gasteiger partial charge is 0.243 e. The van der Waals surface area contributed by atoms with E-state index in [4.69, 9.17) is 4.74 Å². The summed E-state index contributed by atoms with van der Waals surface area (Å²) < 4.78 is 5.99. The van der Waals surface area contributed by atoms with Gasteiger partial charge in [0.15, 0.2) is 0 Å². The maximum Gasteiger partial charge on any atom is 0.243 e. The number of rotatable bonds is 2. The number of carbonyl (C=O) groups excluding carboxylic acids is 1. The van der Waals surface area contributed by atoms with Gasteiger partial charge in [0.2, 0.25) is 5.91 Å². The molecule has 1 saturated carbocycles. The van der Waals surface area contributed by atoms with Crippen LogP contribution in [0, 0.1) is 16.7 Å². The Kier molecular flexibility index (Phi) is 4.51. The van der Waals surface area contributed by atoms with Gasteiger partial charge >= 0.3 is 0 Å². The van der Waals surface area contributed by atoms with E-state index in [1.807, 2.05) is 17.2 Å². The zero-order chi connectivity index (χ0) is 15.6. The van der Waals surface area contributed by atoms with E-state index in [0.717, 1.165) is 24.8 Å². The lowest BCUT2D eigenvalue weighted by Crippen LogP contribution is -2.51. The Morgan fingerprint density at radius 2 is 2.18 bits per heavy atom. The lowest BCUT2D eigenvalue weighted by Gasteiger charge is -2.41. The van der Waals surface area contributed by atoms with Crippen LogP contribution in [-0.2, 0) is 9.53 Å². The first-order chi connectivity index (χ1) is 10.6. The van der Waals surface area contributed by atoms with Crippen molar-refractivity contribution in [1.29, 1.82) is 5.26 Å². The second kappa shape index (κ2) is 6.39. The number of nitriles is 1. The molecule has 22 heavy (non-hydrogen) atoms. The summed E-state index contributed by atoms with van der Waals surface area (Å²) in [5.41, 5.74) is 0.332. The molecule has 118 valence electrons. The Bertz CT molecular complexity index is 558. The van der Waals surface area contributed by atoms with E-state index in [-0.39, 0.29) is 18.1 Å². The van der Waals surface area contributed by atoms with Crippen LogP contribution in [0.4, 0.5) is 0 Å². The predicted molar refractivity (Wildman–Crippen MR) is 85.3 cm³/mol. The first-order valence-electron chi connectivity index (χ1n) is 8.03. The first kappa shape index (κ1) is 15.5. The Labute approximate surface area is 135 Å². The molecule has 3 rings (SSSR count). The molecule has 1 aromatic rings. The summed E-state index contributed by atoms with van der Waals surface area (Å²) in [6.45, 7) is 3.14. The van der Waals surface area contributed by atoms with Crippen LogP contribution < -0.4 is 0 Å². The summed E-state index contributed by atoms with van der Waals surface area (Å²) >= 11 is 1.64. The van der Waals surface area contributed by atoms with E-state index < -0.39 is 5.41 Å². The predicted octanol–water partition coefficient (Wildman–Crippen LogP) is 3.51. The SMILES string of the molecule is C[C@H]1CN(C(=O)C2(C#N)CCCCC2)C[C@@H](c2ccsc2)O1. The Balaban J connectivity index is 1.78. The molecule has 0 bridgehead atoms. The van der Waals surface area contributed by atoms with Gasteiger partial charge in [-0.25, -0.2) is 0 Å². The van der Waals surface area contributed by atoms with E-state index in [2.05, 4.69) is 17.5 Å². The third-order valence-electron chi connectivity index (χ3n) is 4.79. The van der Waals surface area contributed by atoms with E-state index >= 15 is 0 Å². The molecule has 4 nitrogen and oxygen atoms in total. The van der Waals surface area contributed by atoms with Gasteiger partial charge < -0.3 is 9.64 Å². The molecule has 0 aromatic carbocycles. The van der Waals surface area contributed by atoms with Crippen molar-refractivity contribution in [3.05, 3.63) is 22.4 Å². The van der Waals surface area contributed by atoms with Crippen LogP contribution >= 0.6 is 11.3 Å². The fourth-order valence-electron chi connectivity index (χ4n) is 3.59. The highest BCUT2D eigenvalue weighted by Crippen LogP contribution is 2.39. The number of morpholine rings is 1. The standard InChI is InChI=1S/C17H22N2O2S/c1-13-9-19(10-15(21-13)14-5-8-22-11-14)16(20)17(12-18)6-3-2-4-7-17/h5,8,11,13,15H,2-4,6-7,9-10H2,1H3/t13-,15-/m0/s1. The van der Waals surface area contributed by atoms with Crippen molar-refractivity contribution in [1.82, 2.24) is 4.90 Å². The van der Waals surface area contributed by atoms with Crippen LogP contribution in [0.5, 0.6) is 0 Å².